The molecular weight excluding hydrogens is 294 g/mol. The number of alkyl halides is 2. The van der Waals surface area contributed by atoms with Gasteiger partial charge in [-0.15, -0.1) is 11.3 Å². The molecule has 0 aliphatic carbocycles. The second kappa shape index (κ2) is 6.29. The summed E-state index contributed by atoms with van der Waals surface area (Å²) in [6, 6.07) is 3.86. The van der Waals surface area contributed by atoms with Gasteiger partial charge < -0.3 is 10.6 Å². The maximum absolute atomic E-state index is 12.6. The van der Waals surface area contributed by atoms with Gasteiger partial charge in [0.1, 0.15) is 5.71 Å². The van der Waals surface area contributed by atoms with Gasteiger partial charge in [-0.3, -0.25) is 0 Å². The van der Waals surface area contributed by atoms with E-state index in [1.54, 1.807) is 0 Å². The molecule has 2 N–H and O–H groups in total. The van der Waals surface area contributed by atoms with Crippen LogP contribution in [0.4, 0.5) is 8.78 Å². The highest BCUT2D eigenvalue weighted by atomic mass is 32.1. The van der Waals surface area contributed by atoms with E-state index in [1.165, 1.54) is 24.2 Å². The zero-order valence-electron chi connectivity index (χ0n) is 11.6. The number of likely N-dealkylation sites (tertiary alicyclic amines) is 1. The first-order chi connectivity index (χ1) is 10.1. The van der Waals surface area contributed by atoms with E-state index in [0.29, 0.717) is 5.71 Å². The first-order valence-electron chi connectivity index (χ1n) is 7.13. The summed E-state index contributed by atoms with van der Waals surface area (Å²) < 4.78 is 25.1. The molecule has 0 saturated carbocycles. The van der Waals surface area contributed by atoms with Crippen LogP contribution in [0, 0.1) is 0 Å². The highest BCUT2D eigenvalue weighted by Gasteiger charge is 2.24. The summed E-state index contributed by atoms with van der Waals surface area (Å²) >= 11 is 1.53. The van der Waals surface area contributed by atoms with E-state index in [9.17, 15) is 8.78 Å². The van der Waals surface area contributed by atoms with Crippen LogP contribution in [-0.2, 0) is 0 Å². The van der Waals surface area contributed by atoms with Crippen molar-refractivity contribution < 1.29 is 8.78 Å². The van der Waals surface area contributed by atoms with Gasteiger partial charge in [0.25, 0.3) is 6.43 Å². The summed E-state index contributed by atoms with van der Waals surface area (Å²) in [6.45, 7) is 3.08. The van der Waals surface area contributed by atoms with E-state index < -0.39 is 6.43 Å². The van der Waals surface area contributed by atoms with Crippen molar-refractivity contribution in [2.45, 2.75) is 31.7 Å². The Balaban J connectivity index is 1.61. The van der Waals surface area contributed by atoms with Gasteiger partial charge in [-0.05, 0) is 38.1 Å². The topological polar surface area (TPSA) is 54.0 Å². The van der Waals surface area contributed by atoms with Crippen LogP contribution in [0.5, 0.6) is 0 Å². The predicted octanol–water partition coefficient (Wildman–Crippen LogP) is 2.66. The molecule has 7 heteroatoms. The summed E-state index contributed by atoms with van der Waals surface area (Å²) in [5, 5.41) is 7.42. The predicted molar refractivity (Wildman–Crippen MR) is 81.5 cm³/mol. The van der Waals surface area contributed by atoms with Crippen molar-refractivity contribution in [2.75, 3.05) is 19.6 Å². The molecule has 0 radical (unpaired) electrons. The molecule has 1 fully saturated rings. The molecule has 1 aromatic rings. The van der Waals surface area contributed by atoms with Crippen molar-refractivity contribution in [3.63, 3.8) is 0 Å². The highest BCUT2D eigenvalue weighted by molar-refractivity contribution is 7.14. The first kappa shape index (κ1) is 14.7. The Bertz CT molecular complexity index is 561. The summed E-state index contributed by atoms with van der Waals surface area (Å²) in [5.41, 5.74) is 6.71. The fourth-order valence-corrected chi connectivity index (χ4v) is 3.65. The molecule has 3 heterocycles. The van der Waals surface area contributed by atoms with E-state index in [2.05, 4.69) is 15.1 Å². The molecule has 1 aromatic heterocycles. The molecule has 21 heavy (non-hydrogen) atoms. The number of thiophene rings is 1. The van der Waals surface area contributed by atoms with Crippen LogP contribution in [0.25, 0.3) is 0 Å². The average Bonchev–Trinajstić information content (AvgIpc) is 3.19. The van der Waals surface area contributed by atoms with Crippen molar-refractivity contribution in [2.24, 2.45) is 15.9 Å². The summed E-state index contributed by atoms with van der Waals surface area (Å²) in [7, 11) is 0. The normalized spacial score (nSPS) is 21.0. The Labute approximate surface area is 126 Å². The monoisotopic (exact) mass is 312 g/mol. The van der Waals surface area contributed by atoms with Crippen LogP contribution >= 0.6 is 11.3 Å². The lowest BCUT2D eigenvalue weighted by Gasteiger charge is -2.19. The van der Waals surface area contributed by atoms with Crippen LogP contribution in [0.2, 0.25) is 0 Å². The lowest BCUT2D eigenvalue weighted by atomic mass is 10.1. The lowest BCUT2D eigenvalue weighted by molar-refractivity contribution is 0.224. The largest absolute Gasteiger partial charge is 0.322 e. The number of nitrogens with zero attached hydrogens (tertiary/aromatic N) is 3. The Morgan fingerprint density at radius 1 is 1.24 bits per heavy atom. The lowest BCUT2D eigenvalue weighted by Crippen LogP contribution is -2.29. The van der Waals surface area contributed by atoms with E-state index >= 15 is 0 Å². The van der Waals surface area contributed by atoms with E-state index in [4.69, 9.17) is 5.73 Å². The van der Waals surface area contributed by atoms with Crippen molar-refractivity contribution in [1.82, 2.24) is 4.90 Å². The molecule has 114 valence electrons. The molecule has 3 rings (SSSR count). The molecule has 1 atom stereocenters. The zero-order chi connectivity index (χ0) is 14.8. The van der Waals surface area contributed by atoms with Crippen LogP contribution in [-0.4, -0.2) is 42.4 Å². The SMILES string of the molecule is NC(CN1CCCC1)c1ccc(C2=NN=C(C(F)F)C2)s1. The molecule has 0 aromatic carbocycles. The molecular formula is C14H18F2N4S. The molecule has 2 aliphatic rings. The molecule has 0 spiro atoms. The quantitative estimate of drug-likeness (QED) is 0.909. The minimum atomic E-state index is -2.52. The van der Waals surface area contributed by atoms with Crippen molar-refractivity contribution in [3.05, 3.63) is 21.9 Å². The molecule has 4 nitrogen and oxygen atoms in total. The number of hydrogen-bond acceptors (Lipinski definition) is 5. The fraction of sp³-hybridized carbons (Fsp3) is 0.571. The van der Waals surface area contributed by atoms with Gasteiger partial charge in [0, 0.05) is 17.8 Å². The summed E-state index contributed by atoms with van der Waals surface area (Å²) in [5.74, 6) is 0. The van der Waals surface area contributed by atoms with Crippen LogP contribution < -0.4 is 5.73 Å². The van der Waals surface area contributed by atoms with E-state index in [0.717, 1.165) is 29.4 Å². The number of halogens is 2. The molecule has 0 amide bonds. The van der Waals surface area contributed by atoms with E-state index in [1.807, 2.05) is 12.1 Å². The maximum Gasteiger partial charge on any atom is 0.278 e. The number of rotatable bonds is 5. The summed E-state index contributed by atoms with van der Waals surface area (Å²) in [6.07, 6.45) is 0.0990. The third kappa shape index (κ3) is 3.36. The molecule has 1 saturated heterocycles. The first-order valence-corrected chi connectivity index (χ1v) is 7.94. The Morgan fingerprint density at radius 3 is 2.67 bits per heavy atom. The zero-order valence-corrected chi connectivity index (χ0v) is 12.5. The Hall–Kier alpha value is -1.18. The minimum absolute atomic E-state index is 0.0284. The van der Waals surface area contributed by atoms with Gasteiger partial charge in [0.15, 0.2) is 0 Å². The third-order valence-electron chi connectivity index (χ3n) is 3.83. The highest BCUT2D eigenvalue weighted by Crippen LogP contribution is 2.27. The average molecular weight is 312 g/mol. The van der Waals surface area contributed by atoms with Gasteiger partial charge >= 0.3 is 0 Å². The standard InChI is InChI=1S/C14H18F2N4S/c15-14(16)11-7-10(18-19-11)13-4-3-12(21-13)9(17)8-20-5-1-2-6-20/h3-4,9,14H,1-2,5-8,17H2. The fourth-order valence-electron chi connectivity index (χ4n) is 2.66. The van der Waals surface area contributed by atoms with Gasteiger partial charge in [-0.2, -0.15) is 10.2 Å². The van der Waals surface area contributed by atoms with Crippen molar-refractivity contribution in [3.8, 4) is 0 Å². The Kier molecular flexibility index (Phi) is 4.42. The van der Waals surface area contributed by atoms with Gasteiger partial charge in [0.05, 0.1) is 16.6 Å². The second-order valence-corrected chi connectivity index (χ2v) is 6.55. The molecule has 1 unspecified atom stereocenters. The summed E-state index contributed by atoms with van der Waals surface area (Å²) in [4.78, 5) is 4.33. The molecule has 2 aliphatic heterocycles. The second-order valence-electron chi connectivity index (χ2n) is 5.43. The maximum atomic E-state index is 12.6. The number of hydrogen-bond donors (Lipinski definition) is 1. The van der Waals surface area contributed by atoms with Crippen LogP contribution in [0.3, 0.4) is 0 Å². The van der Waals surface area contributed by atoms with Crippen molar-refractivity contribution >= 4 is 22.8 Å². The smallest absolute Gasteiger partial charge is 0.278 e. The molecule has 0 bridgehead atoms. The van der Waals surface area contributed by atoms with Gasteiger partial charge in [-0.25, -0.2) is 8.78 Å². The Morgan fingerprint density at radius 2 is 2.00 bits per heavy atom. The third-order valence-corrected chi connectivity index (χ3v) is 5.10. The number of nitrogens with two attached hydrogens (primary N) is 1. The van der Waals surface area contributed by atoms with Gasteiger partial charge in [0.2, 0.25) is 0 Å². The van der Waals surface area contributed by atoms with Gasteiger partial charge in [-0.1, -0.05) is 0 Å². The van der Waals surface area contributed by atoms with Crippen molar-refractivity contribution in [1.29, 1.82) is 0 Å². The van der Waals surface area contributed by atoms with Crippen LogP contribution in [0.1, 0.15) is 35.1 Å². The van der Waals surface area contributed by atoms with Crippen LogP contribution in [0.15, 0.2) is 22.3 Å². The van der Waals surface area contributed by atoms with E-state index in [-0.39, 0.29) is 18.2 Å². The minimum Gasteiger partial charge on any atom is -0.322 e.